The third-order valence-electron chi connectivity index (χ3n) is 3.32. The van der Waals surface area contributed by atoms with E-state index in [1.54, 1.807) is 11.8 Å². The minimum absolute atomic E-state index is 0.0356. The molecule has 1 heterocycles. The molecule has 1 aliphatic heterocycles. The molecule has 5 nitrogen and oxygen atoms in total. The van der Waals surface area contributed by atoms with Crippen LogP contribution in [0.15, 0.2) is 0 Å². The topological polar surface area (TPSA) is 78.2 Å². The van der Waals surface area contributed by atoms with Gasteiger partial charge in [0.1, 0.15) is 5.75 Å². The molecule has 1 rings (SSSR count). The second kappa shape index (κ2) is 6.74. The smallest absolute Gasteiger partial charge is 0.237 e. The highest BCUT2D eigenvalue weighted by molar-refractivity contribution is 7.92. The Hall–Kier alpha value is -1.09. The fourth-order valence-electron chi connectivity index (χ4n) is 2.15. The molecule has 0 radical (unpaired) electrons. The molecule has 0 aromatic heterocycles. The number of piperidine rings is 1. The molecule has 0 aromatic carbocycles. The first-order chi connectivity index (χ1) is 8.51. The first-order valence-electron chi connectivity index (χ1n) is 6.37. The number of carbonyl (C=O) groups excluding carboxylic acids is 1. The maximum atomic E-state index is 12.0. The van der Waals surface area contributed by atoms with Crippen LogP contribution in [0.4, 0.5) is 0 Å². The van der Waals surface area contributed by atoms with E-state index in [1.807, 2.05) is 6.07 Å². The Morgan fingerprint density at radius 2 is 1.94 bits per heavy atom. The van der Waals surface area contributed by atoms with Crippen molar-refractivity contribution in [1.29, 1.82) is 5.26 Å². The van der Waals surface area contributed by atoms with Crippen molar-refractivity contribution in [2.45, 2.75) is 44.3 Å². The quantitative estimate of drug-likeness (QED) is 0.751. The fraction of sp³-hybridized carbons (Fsp3) is 0.833. The molecule has 1 fully saturated rings. The number of hydrogen-bond donors (Lipinski definition) is 0. The monoisotopic (exact) mass is 272 g/mol. The van der Waals surface area contributed by atoms with Crippen LogP contribution in [0.5, 0.6) is 0 Å². The highest BCUT2D eigenvalue weighted by Gasteiger charge is 2.29. The lowest BCUT2D eigenvalue weighted by Gasteiger charge is -2.27. The SMILES string of the molecule is CCC(CC#N)S(=O)(=O)CC(=O)N1CCCCC1. The average molecular weight is 272 g/mol. The van der Waals surface area contributed by atoms with Crippen molar-refractivity contribution in [3.63, 3.8) is 0 Å². The largest absolute Gasteiger partial charge is 0.342 e. The van der Waals surface area contributed by atoms with Gasteiger partial charge in [0.15, 0.2) is 9.84 Å². The molecule has 1 amide bonds. The Balaban J connectivity index is 2.64. The Morgan fingerprint density at radius 3 is 2.44 bits per heavy atom. The maximum absolute atomic E-state index is 12.0. The van der Waals surface area contributed by atoms with Gasteiger partial charge in [-0.15, -0.1) is 0 Å². The summed E-state index contributed by atoms with van der Waals surface area (Å²) >= 11 is 0. The van der Waals surface area contributed by atoms with Gasteiger partial charge in [0.05, 0.1) is 17.7 Å². The van der Waals surface area contributed by atoms with Crippen LogP contribution in [0.1, 0.15) is 39.0 Å². The van der Waals surface area contributed by atoms with Gasteiger partial charge in [-0.2, -0.15) is 5.26 Å². The van der Waals surface area contributed by atoms with Gasteiger partial charge in [-0.05, 0) is 25.7 Å². The van der Waals surface area contributed by atoms with E-state index in [0.717, 1.165) is 19.3 Å². The van der Waals surface area contributed by atoms with E-state index in [4.69, 9.17) is 5.26 Å². The summed E-state index contributed by atoms with van der Waals surface area (Å²) in [7, 11) is -3.50. The lowest BCUT2D eigenvalue weighted by atomic mass is 10.1. The van der Waals surface area contributed by atoms with Crippen molar-refractivity contribution in [2.75, 3.05) is 18.8 Å². The molecule has 0 bridgehead atoms. The van der Waals surface area contributed by atoms with Crippen molar-refractivity contribution in [2.24, 2.45) is 0 Å². The Kier molecular flexibility index (Phi) is 5.60. The highest BCUT2D eigenvalue weighted by Crippen LogP contribution is 2.14. The molecule has 0 saturated carbocycles. The molecule has 102 valence electrons. The Labute approximate surface area is 109 Å². The van der Waals surface area contributed by atoms with Crippen molar-refractivity contribution in [1.82, 2.24) is 4.90 Å². The van der Waals surface area contributed by atoms with Crippen molar-refractivity contribution in [3.05, 3.63) is 0 Å². The summed E-state index contributed by atoms with van der Waals surface area (Å²) in [5.41, 5.74) is 0. The van der Waals surface area contributed by atoms with Gasteiger partial charge >= 0.3 is 0 Å². The van der Waals surface area contributed by atoms with Gasteiger partial charge in [0.25, 0.3) is 0 Å². The number of rotatable bonds is 5. The van der Waals surface area contributed by atoms with E-state index in [-0.39, 0.29) is 12.3 Å². The molecule has 0 spiro atoms. The normalized spacial score (nSPS) is 18.1. The molecule has 6 heteroatoms. The van der Waals surface area contributed by atoms with Gasteiger partial charge in [0, 0.05) is 13.1 Å². The predicted molar refractivity (Wildman–Crippen MR) is 68.5 cm³/mol. The molecular formula is C12H20N2O3S. The van der Waals surface area contributed by atoms with E-state index in [0.29, 0.717) is 19.5 Å². The third-order valence-corrected chi connectivity index (χ3v) is 5.48. The van der Waals surface area contributed by atoms with Crippen LogP contribution in [-0.4, -0.2) is 43.3 Å². The van der Waals surface area contributed by atoms with E-state index >= 15 is 0 Å². The minimum atomic E-state index is -3.50. The summed E-state index contributed by atoms with van der Waals surface area (Å²) < 4.78 is 24.0. The summed E-state index contributed by atoms with van der Waals surface area (Å²) in [5, 5.41) is 7.89. The molecule has 1 unspecified atom stereocenters. The lowest BCUT2D eigenvalue weighted by Crippen LogP contribution is -2.41. The Morgan fingerprint density at radius 1 is 1.33 bits per heavy atom. The molecule has 0 aromatic rings. The molecule has 18 heavy (non-hydrogen) atoms. The van der Waals surface area contributed by atoms with Crippen molar-refractivity contribution >= 4 is 15.7 Å². The van der Waals surface area contributed by atoms with Crippen LogP contribution in [0, 0.1) is 11.3 Å². The molecule has 1 atom stereocenters. The van der Waals surface area contributed by atoms with Crippen LogP contribution < -0.4 is 0 Å². The van der Waals surface area contributed by atoms with Gasteiger partial charge in [0.2, 0.25) is 5.91 Å². The zero-order valence-electron chi connectivity index (χ0n) is 10.8. The number of nitrogens with zero attached hydrogens (tertiary/aromatic N) is 2. The number of amides is 1. The summed E-state index contributed by atoms with van der Waals surface area (Å²) in [6.07, 6.45) is 3.33. The Bertz CT molecular complexity index is 419. The fourth-order valence-corrected chi connectivity index (χ4v) is 3.75. The van der Waals surface area contributed by atoms with E-state index in [2.05, 4.69) is 0 Å². The van der Waals surface area contributed by atoms with Gasteiger partial charge in [-0.1, -0.05) is 6.92 Å². The molecule has 0 N–H and O–H groups in total. The van der Waals surface area contributed by atoms with Crippen molar-refractivity contribution < 1.29 is 13.2 Å². The summed E-state index contributed by atoms with van der Waals surface area (Å²) in [6, 6.07) is 1.87. The van der Waals surface area contributed by atoms with Gasteiger partial charge in [-0.3, -0.25) is 4.79 Å². The zero-order valence-corrected chi connectivity index (χ0v) is 11.6. The van der Waals surface area contributed by atoms with E-state index in [9.17, 15) is 13.2 Å². The lowest BCUT2D eigenvalue weighted by molar-refractivity contribution is -0.129. The van der Waals surface area contributed by atoms with Gasteiger partial charge < -0.3 is 4.90 Å². The first kappa shape index (κ1) is 15.0. The summed E-state index contributed by atoms with van der Waals surface area (Å²) in [4.78, 5) is 13.5. The van der Waals surface area contributed by atoms with E-state index in [1.165, 1.54) is 0 Å². The van der Waals surface area contributed by atoms with E-state index < -0.39 is 20.8 Å². The number of hydrogen-bond acceptors (Lipinski definition) is 4. The molecular weight excluding hydrogens is 252 g/mol. The number of sulfone groups is 1. The first-order valence-corrected chi connectivity index (χ1v) is 8.09. The second-order valence-electron chi connectivity index (χ2n) is 4.64. The summed E-state index contributed by atoms with van der Waals surface area (Å²) in [6.45, 7) is 3.04. The number of nitriles is 1. The predicted octanol–water partition coefficient (Wildman–Crippen LogP) is 1.11. The molecule has 1 aliphatic rings. The highest BCUT2D eigenvalue weighted by atomic mass is 32.2. The standard InChI is InChI=1S/C12H20N2O3S/c1-2-11(6-7-13)18(16,17)10-12(15)14-8-4-3-5-9-14/h11H,2-6,8-10H2,1H3. The number of likely N-dealkylation sites (tertiary alicyclic amines) is 1. The van der Waals surface area contributed by atoms with Gasteiger partial charge in [-0.25, -0.2) is 8.42 Å². The van der Waals surface area contributed by atoms with Crippen molar-refractivity contribution in [3.8, 4) is 6.07 Å². The minimum Gasteiger partial charge on any atom is -0.342 e. The van der Waals surface area contributed by atoms with Crippen LogP contribution in [0.25, 0.3) is 0 Å². The van der Waals surface area contributed by atoms with Crippen LogP contribution in [0.3, 0.4) is 0 Å². The zero-order chi connectivity index (χ0) is 13.6. The average Bonchev–Trinajstić information content (AvgIpc) is 2.36. The van der Waals surface area contributed by atoms with Crippen LogP contribution >= 0.6 is 0 Å². The van der Waals surface area contributed by atoms with Crippen LogP contribution in [-0.2, 0) is 14.6 Å². The third kappa shape index (κ3) is 3.98. The molecule has 1 saturated heterocycles. The maximum Gasteiger partial charge on any atom is 0.237 e. The second-order valence-corrected chi connectivity index (χ2v) is 6.92. The summed E-state index contributed by atoms with van der Waals surface area (Å²) in [5.74, 6) is -0.765. The van der Waals surface area contributed by atoms with Crippen LogP contribution in [0.2, 0.25) is 0 Å². The number of carbonyl (C=O) groups is 1. The molecule has 0 aliphatic carbocycles.